The molecule has 0 bridgehead atoms. The van der Waals surface area contributed by atoms with Crippen LogP contribution in [0.5, 0.6) is 0 Å². The average molecular weight is 213 g/mol. The van der Waals surface area contributed by atoms with Crippen LogP contribution in [0.15, 0.2) is 24.3 Å². The molecule has 0 unspecified atom stereocenters. The smallest absolute Gasteiger partial charge is 0.102 e. The fourth-order valence-electron chi connectivity index (χ4n) is 1.04. The Bertz CT molecular complexity index is 294. The molecule has 0 spiro atoms. The molecule has 0 aliphatic rings. The van der Waals surface area contributed by atoms with Crippen molar-refractivity contribution < 1.29 is 9.99 Å². The number of hydrogen-bond donors (Lipinski definition) is 2. The number of quaternary nitrogens is 1. The summed E-state index contributed by atoms with van der Waals surface area (Å²) in [6.07, 6.45) is 0. The van der Waals surface area contributed by atoms with Gasteiger partial charge in [-0.1, -0.05) is 12.1 Å². The molecule has 1 aromatic carbocycles. The fourth-order valence-corrected chi connectivity index (χ4v) is 1.04. The highest BCUT2D eigenvalue weighted by atomic mass is 16.9. The van der Waals surface area contributed by atoms with Crippen molar-refractivity contribution in [2.75, 3.05) is 19.8 Å². The van der Waals surface area contributed by atoms with Crippen LogP contribution >= 0.6 is 0 Å². The third-order valence-corrected chi connectivity index (χ3v) is 1.54. The number of nitrogens with zero attached hydrogens (tertiary/aromatic N) is 1. The van der Waals surface area contributed by atoms with Crippen molar-refractivity contribution in [1.29, 1.82) is 0 Å². The molecule has 0 amide bonds. The van der Waals surface area contributed by atoms with E-state index in [9.17, 15) is 0 Å². The average Bonchev–Trinajstić information content (AvgIpc) is 2.07. The van der Waals surface area contributed by atoms with E-state index in [4.69, 9.17) is 21.1 Å². The Kier molecular flexibility index (Phi) is 5.81. The monoisotopic (exact) mass is 213 g/mol. The van der Waals surface area contributed by atoms with Gasteiger partial charge in [-0.15, -0.1) is 0 Å². The predicted molar refractivity (Wildman–Crippen MR) is 57.7 cm³/mol. The van der Waals surface area contributed by atoms with Gasteiger partial charge < -0.3 is 26.0 Å². The first-order valence-electron chi connectivity index (χ1n) is 4.36. The molecule has 3 N–H and O–H groups in total. The first-order chi connectivity index (χ1) is 6.91. The summed E-state index contributed by atoms with van der Waals surface area (Å²) in [5, 5.41) is 14.8. The van der Waals surface area contributed by atoms with Crippen LogP contribution in [0.4, 0.5) is 5.69 Å². The maximum atomic E-state index is 8.25. The van der Waals surface area contributed by atoms with Gasteiger partial charge in [-0.25, -0.2) is 0 Å². The summed E-state index contributed by atoms with van der Waals surface area (Å²) in [4.78, 5) is 9.68. The van der Waals surface area contributed by atoms with Gasteiger partial charge in [0, 0.05) is 11.3 Å². The van der Waals surface area contributed by atoms with Crippen LogP contribution in [0.3, 0.4) is 0 Å². The van der Waals surface area contributed by atoms with E-state index in [1.807, 2.05) is 12.1 Å². The van der Waals surface area contributed by atoms with Crippen molar-refractivity contribution >= 4 is 5.69 Å². The quantitative estimate of drug-likeness (QED) is 0.399. The summed E-state index contributed by atoms with van der Waals surface area (Å²) in [5.41, 5.74) is 7.72. The Morgan fingerprint density at radius 1 is 1.27 bits per heavy atom. The molecule has 0 aromatic heterocycles. The van der Waals surface area contributed by atoms with Gasteiger partial charge in [-0.3, -0.25) is 0 Å². The van der Waals surface area contributed by atoms with Gasteiger partial charge in [0.25, 0.3) is 0 Å². The molecule has 0 fully saturated rings. The maximum Gasteiger partial charge on any atom is 0.102 e. The van der Waals surface area contributed by atoms with Crippen molar-refractivity contribution in [2.24, 2.45) is 0 Å². The molecule has 1 rings (SSSR count). The first-order valence-corrected chi connectivity index (χ1v) is 4.36. The Morgan fingerprint density at radius 3 is 2.00 bits per heavy atom. The molecule has 0 heterocycles. The minimum Gasteiger partial charge on any atom is -0.399 e. The lowest BCUT2D eigenvalue weighted by molar-refractivity contribution is -0.872. The molecule has 0 atom stereocenters. The SMILES string of the molecule is C[NH+](C)Cc1ccc(N)cc1.O=[N+]([O-])[O-]. The van der Waals surface area contributed by atoms with Crippen molar-refractivity contribution in [3.63, 3.8) is 0 Å². The van der Waals surface area contributed by atoms with Gasteiger partial charge in [0.2, 0.25) is 0 Å². The molecule has 84 valence electrons. The molecule has 0 saturated carbocycles. The lowest BCUT2D eigenvalue weighted by Crippen LogP contribution is -3.04. The molecular formula is C9H15N3O3. The zero-order valence-corrected chi connectivity index (χ0v) is 8.77. The topological polar surface area (TPSA) is 96.7 Å². The van der Waals surface area contributed by atoms with Crippen LogP contribution in [0.1, 0.15) is 5.56 Å². The first kappa shape index (κ1) is 13.2. The van der Waals surface area contributed by atoms with Gasteiger partial charge in [0.15, 0.2) is 0 Å². The summed E-state index contributed by atoms with van der Waals surface area (Å²) in [6.45, 7) is 1.06. The van der Waals surface area contributed by atoms with E-state index in [-0.39, 0.29) is 0 Å². The van der Waals surface area contributed by atoms with Gasteiger partial charge >= 0.3 is 0 Å². The number of nitrogens with two attached hydrogens (primary N) is 1. The highest BCUT2D eigenvalue weighted by molar-refractivity contribution is 5.38. The van der Waals surface area contributed by atoms with Crippen molar-refractivity contribution in [3.8, 4) is 0 Å². The van der Waals surface area contributed by atoms with E-state index >= 15 is 0 Å². The van der Waals surface area contributed by atoms with Crippen LogP contribution < -0.4 is 10.6 Å². The molecule has 1 aromatic rings. The minimum atomic E-state index is -1.75. The third-order valence-electron chi connectivity index (χ3n) is 1.54. The van der Waals surface area contributed by atoms with Crippen molar-refractivity contribution in [2.45, 2.75) is 6.54 Å². The van der Waals surface area contributed by atoms with E-state index in [1.54, 1.807) is 0 Å². The standard InChI is InChI=1S/C9H14N2.NO3/c1-11(2)7-8-3-5-9(10)6-4-8;2-1(3)4/h3-6H,7,10H2,1-2H3;/q;-1/p+1. The largest absolute Gasteiger partial charge is 0.399 e. The highest BCUT2D eigenvalue weighted by Crippen LogP contribution is 2.03. The van der Waals surface area contributed by atoms with Gasteiger partial charge in [0.05, 0.1) is 19.2 Å². The van der Waals surface area contributed by atoms with Gasteiger partial charge in [-0.05, 0) is 12.1 Å². The maximum absolute atomic E-state index is 8.25. The number of hydrogen-bond acceptors (Lipinski definition) is 4. The Morgan fingerprint density at radius 2 is 1.67 bits per heavy atom. The summed E-state index contributed by atoms with van der Waals surface area (Å²) in [7, 11) is 4.27. The van der Waals surface area contributed by atoms with Crippen LogP contribution in [0.25, 0.3) is 0 Å². The minimum absolute atomic E-state index is 0.836. The molecule has 15 heavy (non-hydrogen) atoms. The highest BCUT2D eigenvalue weighted by Gasteiger charge is 1.95. The predicted octanol–water partition coefficient (Wildman–Crippen LogP) is -0.326. The van der Waals surface area contributed by atoms with E-state index in [0.717, 1.165) is 12.2 Å². The molecule has 0 aliphatic carbocycles. The van der Waals surface area contributed by atoms with E-state index in [1.165, 1.54) is 10.5 Å². The van der Waals surface area contributed by atoms with Crippen LogP contribution in [-0.4, -0.2) is 19.2 Å². The summed E-state index contributed by atoms with van der Waals surface area (Å²) in [5.74, 6) is 0. The summed E-state index contributed by atoms with van der Waals surface area (Å²) < 4.78 is 0. The Hall–Kier alpha value is -1.82. The zero-order chi connectivity index (χ0) is 11.8. The Balaban J connectivity index is 0.000000423. The molecule has 0 saturated heterocycles. The van der Waals surface area contributed by atoms with Gasteiger partial charge in [-0.2, -0.15) is 0 Å². The van der Waals surface area contributed by atoms with Crippen LogP contribution in [-0.2, 0) is 6.54 Å². The number of nitrogen functional groups attached to an aromatic ring is 1. The molecule has 6 heteroatoms. The number of anilines is 1. The second-order valence-electron chi connectivity index (χ2n) is 3.35. The van der Waals surface area contributed by atoms with Crippen LogP contribution in [0.2, 0.25) is 0 Å². The number of benzene rings is 1. The lowest BCUT2D eigenvalue weighted by atomic mass is 10.2. The molecule has 0 aliphatic heterocycles. The Labute approximate surface area is 88.0 Å². The molecular weight excluding hydrogens is 198 g/mol. The summed E-state index contributed by atoms with van der Waals surface area (Å²) >= 11 is 0. The number of rotatable bonds is 2. The fraction of sp³-hybridized carbons (Fsp3) is 0.333. The summed E-state index contributed by atoms with van der Waals surface area (Å²) in [6, 6.07) is 8.03. The van der Waals surface area contributed by atoms with Gasteiger partial charge in [0.1, 0.15) is 6.54 Å². The lowest BCUT2D eigenvalue weighted by Gasteiger charge is -2.06. The van der Waals surface area contributed by atoms with E-state index < -0.39 is 5.09 Å². The normalized spacial score (nSPS) is 9.27. The zero-order valence-electron chi connectivity index (χ0n) is 8.77. The number of nitrogens with one attached hydrogen (secondary N) is 1. The molecule has 6 nitrogen and oxygen atoms in total. The van der Waals surface area contributed by atoms with Crippen molar-refractivity contribution in [1.82, 2.24) is 0 Å². The van der Waals surface area contributed by atoms with Crippen LogP contribution in [0, 0.1) is 15.3 Å². The van der Waals surface area contributed by atoms with E-state index in [2.05, 4.69) is 26.2 Å². The van der Waals surface area contributed by atoms with E-state index in [0.29, 0.717) is 0 Å². The second-order valence-corrected chi connectivity index (χ2v) is 3.35. The molecule has 0 radical (unpaired) electrons. The second kappa shape index (κ2) is 6.61. The third kappa shape index (κ3) is 8.51. The van der Waals surface area contributed by atoms with Crippen molar-refractivity contribution in [3.05, 3.63) is 45.2 Å².